The summed E-state index contributed by atoms with van der Waals surface area (Å²) in [5.41, 5.74) is 0.0302. The van der Waals surface area contributed by atoms with Crippen LogP contribution in [-0.2, 0) is 0 Å². The number of hydrogen-bond donors (Lipinski definition) is 3. The molecule has 0 saturated heterocycles. The first kappa shape index (κ1) is 13.9. The molecule has 0 amide bonds. The van der Waals surface area contributed by atoms with Gasteiger partial charge in [0.1, 0.15) is 0 Å². The Balaban J connectivity index is 2.36. The standard InChI is InChI=1S/C13H27NO2/c1-3-13(4-2,10-15)9-14-11-6-5-7-12(16)8-11/h11-12,14-16H,3-10H2,1-2H3. The fourth-order valence-corrected chi connectivity index (χ4v) is 2.49. The van der Waals surface area contributed by atoms with Gasteiger partial charge in [-0.05, 0) is 38.5 Å². The third-order valence-electron chi connectivity index (χ3n) is 4.25. The van der Waals surface area contributed by atoms with E-state index in [9.17, 15) is 10.2 Å². The summed E-state index contributed by atoms with van der Waals surface area (Å²) in [5.74, 6) is 0. The van der Waals surface area contributed by atoms with E-state index >= 15 is 0 Å². The molecule has 3 N–H and O–H groups in total. The predicted molar refractivity (Wildman–Crippen MR) is 66.4 cm³/mol. The van der Waals surface area contributed by atoms with E-state index < -0.39 is 0 Å². The molecule has 2 unspecified atom stereocenters. The highest BCUT2D eigenvalue weighted by molar-refractivity contribution is 4.83. The smallest absolute Gasteiger partial charge is 0.0555 e. The van der Waals surface area contributed by atoms with Crippen LogP contribution in [0.1, 0.15) is 52.4 Å². The molecule has 0 bridgehead atoms. The molecule has 1 rings (SSSR count). The molecule has 1 fully saturated rings. The van der Waals surface area contributed by atoms with Crippen LogP contribution in [0.25, 0.3) is 0 Å². The molecule has 0 aromatic heterocycles. The van der Waals surface area contributed by atoms with Crippen LogP contribution in [0.2, 0.25) is 0 Å². The van der Waals surface area contributed by atoms with E-state index in [2.05, 4.69) is 19.2 Å². The fraction of sp³-hybridized carbons (Fsp3) is 1.00. The van der Waals surface area contributed by atoms with E-state index in [0.29, 0.717) is 6.04 Å². The first-order valence-corrected chi connectivity index (χ1v) is 6.68. The molecule has 0 radical (unpaired) electrons. The molecule has 3 nitrogen and oxygen atoms in total. The minimum atomic E-state index is -0.127. The fourth-order valence-electron chi connectivity index (χ4n) is 2.49. The third kappa shape index (κ3) is 3.72. The van der Waals surface area contributed by atoms with Crippen molar-refractivity contribution in [2.45, 2.75) is 64.5 Å². The van der Waals surface area contributed by atoms with Crippen LogP contribution in [0.5, 0.6) is 0 Å². The zero-order valence-corrected chi connectivity index (χ0v) is 10.7. The number of nitrogens with one attached hydrogen (secondary N) is 1. The predicted octanol–water partition coefficient (Wildman–Crippen LogP) is 1.68. The summed E-state index contributed by atoms with van der Waals surface area (Å²) >= 11 is 0. The van der Waals surface area contributed by atoms with Gasteiger partial charge in [-0.2, -0.15) is 0 Å². The van der Waals surface area contributed by atoms with Crippen LogP contribution in [0.3, 0.4) is 0 Å². The monoisotopic (exact) mass is 229 g/mol. The summed E-state index contributed by atoms with van der Waals surface area (Å²) in [6.07, 6.45) is 5.97. The largest absolute Gasteiger partial charge is 0.396 e. The molecule has 3 heteroatoms. The third-order valence-corrected chi connectivity index (χ3v) is 4.25. The second kappa shape index (κ2) is 6.58. The van der Waals surface area contributed by atoms with Crippen molar-refractivity contribution in [2.24, 2.45) is 5.41 Å². The van der Waals surface area contributed by atoms with Gasteiger partial charge >= 0.3 is 0 Å². The van der Waals surface area contributed by atoms with Gasteiger partial charge in [-0.1, -0.05) is 13.8 Å². The van der Waals surface area contributed by atoms with Gasteiger partial charge in [0.15, 0.2) is 0 Å². The molecule has 96 valence electrons. The van der Waals surface area contributed by atoms with Crippen LogP contribution >= 0.6 is 0 Å². The van der Waals surface area contributed by atoms with Gasteiger partial charge in [0.05, 0.1) is 6.10 Å². The van der Waals surface area contributed by atoms with E-state index in [1.165, 1.54) is 0 Å². The van der Waals surface area contributed by atoms with Crippen molar-refractivity contribution in [1.82, 2.24) is 5.32 Å². The Morgan fingerprint density at radius 1 is 1.25 bits per heavy atom. The quantitative estimate of drug-likeness (QED) is 0.649. The molecule has 0 aromatic rings. The molecule has 16 heavy (non-hydrogen) atoms. The normalized spacial score (nSPS) is 27.0. The van der Waals surface area contributed by atoms with Crippen molar-refractivity contribution in [3.8, 4) is 0 Å². The molecule has 1 saturated carbocycles. The van der Waals surface area contributed by atoms with E-state index in [4.69, 9.17) is 0 Å². The SMILES string of the molecule is CCC(CC)(CO)CNC1CCCC(O)C1. The number of aliphatic hydroxyl groups is 2. The Bertz CT molecular complexity index is 184. The molecule has 0 heterocycles. The topological polar surface area (TPSA) is 52.5 Å². The van der Waals surface area contributed by atoms with Crippen molar-refractivity contribution in [3.05, 3.63) is 0 Å². The highest BCUT2D eigenvalue weighted by atomic mass is 16.3. The Morgan fingerprint density at radius 3 is 2.44 bits per heavy atom. The average molecular weight is 229 g/mol. The second-order valence-electron chi connectivity index (χ2n) is 5.26. The minimum Gasteiger partial charge on any atom is -0.396 e. The molecule has 0 aliphatic heterocycles. The lowest BCUT2D eigenvalue weighted by atomic mass is 9.82. The second-order valence-corrected chi connectivity index (χ2v) is 5.26. The zero-order valence-electron chi connectivity index (χ0n) is 10.7. The lowest BCUT2D eigenvalue weighted by molar-refractivity contribution is 0.0866. The molecule has 1 aliphatic carbocycles. The highest BCUT2D eigenvalue weighted by Crippen LogP contribution is 2.26. The lowest BCUT2D eigenvalue weighted by Crippen LogP contribution is -2.44. The van der Waals surface area contributed by atoms with Gasteiger partial charge in [0.2, 0.25) is 0 Å². The first-order valence-electron chi connectivity index (χ1n) is 6.68. The van der Waals surface area contributed by atoms with Gasteiger partial charge in [-0.3, -0.25) is 0 Å². The first-order chi connectivity index (χ1) is 7.65. The lowest BCUT2D eigenvalue weighted by Gasteiger charge is -2.34. The maximum absolute atomic E-state index is 9.59. The molecule has 2 atom stereocenters. The van der Waals surface area contributed by atoms with E-state index in [-0.39, 0.29) is 18.1 Å². The maximum Gasteiger partial charge on any atom is 0.0555 e. The minimum absolute atomic E-state index is 0.0302. The maximum atomic E-state index is 9.59. The van der Waals surface area contributed by atoms with Crippen LogP contribution in [0.4, 0.5) is 0 Å². The number of aliphatic hydroxyl groups excluding tert-OH is 2. The van der Waals surface area contributed by atoms with Crippen LogP contribution in [-0.4, -0.2) is 35.5 Å². The average Bonchev–Trinajstić information content (AvgIpc) is 2.32. The van der Waals surface area contributed by atoms with Crippen LogP contribution < -0.4 is 5.32 Å². The van der Waals surface area contributed by atoms with Gasteiger partial charge in [0.25, 0.3) is 0 Å². The van der Waals surface area contributed by atoms with Crippen molar-refractivity contribution < 1.29 is 10.2 Å². The van der Waals surface area contributed by atoms with E-state index in [1.807, 2.05) is 0 Å². The Morgan fingerprint density at radius 2 is 1.94 bits per heavy atom. The van der Waals surface area contributed by atoms with Crippen molar-refractivity contribution in [2.75, 3.05) is 13.2 Å². The summed E-state index contributed by atoms with van der Waals surface area (Å²) in [4.78, 5) is 0. The summed E-state index contributed by atoms with van der Waals surface area (Å²) in [5, 5.41) is 22.6. The molecule has 1 aliphatic rings. The van der Waals surface area contributed by atoms with Crippen molar-refractivity contribution >= 4 is 0 Å². The van der Waals surface area contributed by atoms with Gasteiger partial charge in [-0.25, -0.2) is 0 Å². The summed E-state index contributed by atoms with van der Waals surface area (Å²) in [6, 6.07) is 0.438. The Kier molecular flexibility index (Phi) is 5.73. The Labute approximate surface area is 99.3 Å². The Hall–Kier alpha value is -0.120. The van der Waals surface area contributed by atoms with E-state index in [1.54, 1.807) is 0 Å². The van der Waals surface area contributed by atoms with Gasteiger partial charge in [0, 0.05) is 24.6 Å². The molecule has 0 spiro atoms. The van der Waals surface area contributed by atoms with Crippen LogP contribution in [0, 0.1) is 5.41 Å². The van der Waals surface area contributed by atoms with Crippen molar-refractivity contribution in [1.29, 1.82) is 0 Å². The molecular weight excluding hydrogens is 202 g/mol. The van der Waals surface area contributed by atoms with Crippen LogP contribution in [0.15, 0.2) is 0 Å². The van der Waals surface area contributed by atoms with E-state index in [0.717, 1.165) is 45.1 Å². The number of hydrogen-bond acceptors (Lipinski definition) is 3. The van der Waals surface area contributed by atoms with Crippen molar-refractivity contribution in [3.63, 3.8) is 0 Å². The van der Waals surface area contributed by atoms with Gasteiger partial charge in [-0.15, -0.1) is 0 Å². The zero-order chi connectivity index (χ0) is 12.0. The summed E-state index contributed by atoms with van der Waals surface area (Å²) in [6.45, 7) is 5.39. The summed E-state index contributed by atoms with van der Waals surface area (Å²) < 4.78 is 0. The highest BCUT2D eigenvalue weighted by Gasteiger charge is 2.27. The number of rotatable bonds is 6. The summed E-state index contributed by atoms with van der Waals surface area (Å²) in [7, 11) is 0. The molecular formula is C13H27NO2. The van der Waals surface area contributed by atoms with Gasteiger partial charge < -0.3 is 15.5 Å². The molecule has 0 aromatic carbocycles.